The average molecular weight is 672 g/mol. The zero-order valence-electron chi connectivity index (χ0n) is 27.0. The molecule has 11 rings (SSSR count). The molecule has 238 valence electrons. The van der Waals surface area contributed by atoms with E-state index in [1.807, 2.05) is 48.5 Å². The maximum Gasteiger partial charge on any atom is 0.165 e. The van der Waals surface area contributed by atoms with Gasteiger partial charge in [-0.1, -0.05) is 109 Å². The Balaban J connectivity index is 1.29. The fourth-order valence-corrected chi connectivity index (χ4v) is 8.69. The van der Waals surface area contributed by atoms with E-state index in [0.29, 0.717) is 17.5 Å². The Bertz CT molecular complexity index is 3160. The van der Waals surface area contributed by atoms with E-state index in [-0.39, 0.29) is 0 Å². The predicted octanol–water partition coefficient (Wildman–Crippen LogP) is 12.7. The Morgan fingerprint density at radius 2 is 0.941 bits per heavy atom. The quantitative estimate of drug-likeness (QED) is 0.186. The SMILES string of the molecule is c1ccc(-c2nc(-c3c(-c4cccc5oc6ccccc6c45)ccc4oc5ccccc5c34)nc(-c3cccc4sc5ccccc5c34)n2)cc1. The fraction of sp³-hybridized carbons (Fsp3) is 0. The number of hydrogen-bond donors (Lipinski definition) is 0. The minimum atomic E-state index is 0.576. The first kappa shape index (κ1) is 28.2. The number of thiophene rings is 1. The van der Waals surface area contributed by atoms with Gasteiger partial charge in [0.15, 0.2) is 17.5 Å². The number of para-hydroxylation sites is 2. The molecule has 0 atom stereocenters. The molecule has 4 heterocycles. The number of aromatic nitrogens is 3. The molecule has 0 saturated heterocycles. The number of hydrogen-bond acceptors (Lipinski definition) is 6. The number of nitrogens with zero attached hydrogens (tertiary/aromatic N) is 3. The molecule has 11 aromatic rings. The van der Waals surface area contributed by atoms with E-state index in [1.54, 1.807) is 11.3 Å². The largest absolute Gasteiger partial charge is 0.456 e. The van der Waals surface area contributed by atoms with E-state index in [4.69, 9.17) is 23.8 Å². The average Bonchev–Trinajstić information content (AvgIpc) is 3.89. The van der Waals surface area contributed by atoms with Gasteiger partial charge in [0.2, 0.25) is 0 Å². The molecule has 0 radical (unpaired) electrons. The molecule has 0 amide bonds. The second-order valence-electron chi connectivity index (χ2n) is 12.7. The van der Waals surface area contributed by atoms with Crippen LogP contribution in [0.15, 0.2) is 160 Å². The minimum absolute atomic E-state index is 0.576. The van der Waals surface area contributed by atoms with Crippen molar-refractivity contribution in [3.05, 3.63) is 152 Å². The van der Waals surface area contributed by atoms with Crippen molar-refractivity contribution < 1.29 is 8.83 Å². The third kappa shape index (κ3) is 4.30. The second-order valence-corrected chi connectivity index (χ2v) is 13.8. The van der Waals surface area contributed by atoms with Crippen molar-refractivity contribution in [1.29, 1.82) is 0 Å². The lowest BCUT2D eigenvalue weighted by Crippen LogP contribution is -2.02. The number of benzene rings is 7. The Labute approximate surface area is 295 Å². The summed E-state index contributed by atoms with van der Waals surface area (Å²) in [5.74, 6) is 1.80. The fourth-order valence-electron chi connectivity index (χ4n) is 7.56. The monoisotopic (exact) mass is 671 g/mol. The van der Waals surface area contributed by atoms with Crippen LogP contribution in [0.5, 0.6) is 0 Å². The van der Waals surface area contributed by atoms with Crippen LogP contribution in [-0.4, -0.2) is 15.0 Å². The third-order valence-electron chi connectivity index (χ3n) is 9.77. The van der Waals surface area contributed by atoms with E-state index in [0.717, 1.165) is 77.1 Å². The molecule has 0 bridgehead atoms. The summed E-state index contributed by atoms with van der Waals surface area (Å²) in [5.41, 5.74) is 8.06. The lowest BCUT2D eigenvalue weighted by molar-refractivity contribution is 0.669. The summed E-state index contributed by atoms with van der Waals surface area (Å²) in [5, 5.41) is 6.41. The Hall–Kier alpha value is -6.63. The van der Waals surface area contributed by atoms with Gasteiger partial charge in [0.25, 0.3) is 0 Å². The first-order chi connectivity index (χ1) is 25.3. The van der Waals surface area contributed by atoms with Crippen molar-refractivity contribution in [3.63, 3.8) is 0 Å². The van der Waals surface area contributed by atoms with Crippen molar-refractivity contribution in [2.75, 3.05) is 0 Å². The topological polar surface area (TPSA) is 65.0 Å². The van der Waals surface area contributed by atoms with Gasteiger partial charge in [-0.25, -0.2) is 15.0 Å². The van der Waals surface area contributed by atoms with Crippen molar-refractivity contribution in [2.24, 2.45) is 0 Å². The Morgan fingerprint density at radius 3 is 1.76 bits per heavy atom. The van der Waals surface area contributed by atoms with Gasteiger partial charge in [-0.15, -0.1) is 11.3 Å². The third-order valence-corrected chi connectivity index (χ3v) is 10.9. The van der Waals surface area contributed by atoms with E-state index >= 15 is 0 Å². The van der Waals surface area contributed by atoms with E-state index in [1.165, 1.54) is 14.8 Å². The smallest absolute Gasteiger partial charge is 0.165 e. The lowest BCUT2D eigenvalue weighted by atomic mass is 9.92. The second kappa shape index (κ2) is 10.9. The summed E-state index contributed by atoms with van der Waals surface area (Å²) in [4.78, 5) is 15.9. The molecule has 0 aliphatic rings. The van der Waals surface area contributed by atoms with E-state index < -0.39 is 0 Å². The Morgan fingerprint density at radius 1 is 0.353 bits per heavy atom. The molecule has 0 aliphatic carbocycles. The summed E-state index contributed by atoms with van der Waals surface area (Å²) in [7, 11) is 0. The molecule has 0 aliphatic heterocycles. The van der Waals surface area contributed by atoms with Crippen LogP contribution in [0.4, 0.5) is 0 Å². The molecule has 7 aromatic carbocycles. The highest BCUT2D eigenvalue weighted by molar-refractivity contribution is 7.25. The maximum absolute atomic E-state index is 6.49. The summed E-state index contributed by atoms with van der Waals surface area (Å²) in [6.07, 6.45) is 0. The van der Waals surface area contributed by atoms with Gasteiger partial charge < -0.3 is 8.83 Å². The van der Waals surface area contributed by atoms with Crippen molar-refractivity contribution in [3.8, 4) is 45.3 Å². The van der Waals surface area contributed by atoms with Crippen LogP contribution < -0.4 is 0 Å². The minimum Gasteiger partial charge on any atom is -0.456 e. The van der Waals surface area contributed by atoms with Gasteiger partial charge in [0.05, 0.1) is 0 Å². The molecule has 51 heavy (non-hydrogen) atoms. The van der Waals surface area contributed by atoms with Gasteiger partial charge in [-0.3, -0.25) is 0 Å². The van der Waals surface area contributed by atoms with Gasteiger partial charge in [0.1, 0.15) is 22.3 Å². The van der Waals surface area contributed by atoms with Crippen molar-refractivity contribution in [2.45, 2.75) is 0 Å². The molecule has 0 unspecified atom stereocenters. The number of furan rings is 2. The van der Waals surface area contributed by atoms with Gasteiger partial charge in [0, 0.05) is 58.4 Å². The van der Waals surface area contributed by atoms with Gasteiger partial charge >= 0.3 is 0 Å². The van der Waals surface area contributed by atoms with E-state index in [2.05, 4.69) is 103 Å². The highest BCUT2D eigenvalue weighted by Gasteiger charge is 2.24. The summed E-state index contributed by atoms with van der Waals surface area (Å²) < 4.78 is 15.3. The van der Waals surface area contributed by atoms with Crippen LogP contribution in [0.1, 0.15) is 0 Å². The molecule has 0 spiro atoms. The zero-order chi connectivity index (χ0) is 33.5. The zero-order valence-corrected chi connectivity index (χ0v) is 27.8. The first-order valence-electron chi connectivity index (χ1n) is 16.9. The Kier molecular flexibility index (Phi) is 6.05. The standard InChI is InChI=1S/C45H25N3O2S/c1-2-12-26(13-3-1)43-46-44(32-18-11-23-38-40(32)31-16-6-9-22-37(31)51-38)48-45(47-43)42-28(24-25-36-41(42)30-15-5-8-20-34(30)50-36)27-17-10-21-35-39(27)29-14-4-7-19-33(29)49-35/h1-25H. The lowest BCUT2D eigenvalue weighted by Gasteiger charge is -2.14. The molecule has 6 heteroatoms. The summed E-state index contributed by atoms with van der Waals surface area (Å²) >= 11 is 1.79. The first-order valence-corrected chi connectivity index (χ1v) is 17.7. The molecule has 5 nitrogen and oxygen atoms in total. The van der Waals surface area contributed by atoms with Crippen LogP contribution in [0, 0.1) is 0 Å². The molecule has 0 saturated carbocycles. The molecular formula is C45H25N3O2S. The van der Waals surface area contributed by atoms with Crippen molar-refractivity contribution >= 4 is 75.4 Å². The molecular weight excluding hydrogens is 647 g/mol. The van der Waals surface area contributed by atoms with Crippen LogP contribution >= 0.6 is 11.3 Å². The van der Waals surface area contributed by atoms with Crippen molar-refractivity contribution in [1.82, 2.24) is 15.0 Å². The maximum atomic E-state index is 6.49. The summed E-state index contributed by atoms with van der Waals surface area (Å²) in [6, 6.07) is 51.9. The normalized spacial score (nSPS) is 11.9. The predicted molar refractivity (Wildman–Crippen MR) is 209 cm³/mol. The van der Waals surface area contributed by atoms with Crippen LogP contribution in [-0.2, 0) is 0 Å². The molecule has 0 fully saturated rings. The summed E-state index contributed by atoms with van der Waals surface area (Å²) in [6.45, 7) is 0. The van der Waals surface area contributed by atoms with Crippen LogP contribution in [0.3, 0.4) is 0 Å². The van der Waals surface area contributed by atoms with Gasteiger partial charge in [-0.2, -0.15) is 0 Å². The van der Waals surface area contributed by atoms with E-state index in [9.17, 15) is 0 Å². The van der Waals surface area contributed by atoms with Gasteiger partial charge in [-0.05, 0) is 53.6 Å². The van der Waals surface area contributed by atoms with Crippen LogP contribution in [0.25, 0.3) is 109 Å². The van der Waals surface area contributed by atoms with Crippen LogP contribution in [0.2, 0.25) is 0 Å². The molecule has 4 aromatic heterocycles. The highest BCUT2D eigenvalue weighted by Crippen LogP contribution is 2.46. The highest BCUT2D eigenvalue weighted by atomic mass is 32.1. The molecule has 0 N–H and O–H groups in total. The number of fused-ring (bicyclic) bond motifs is 9. The number of rotatable bonds is 4.